The van der Waals surface area contributed by atoms with Crippen molar-refractivity contribution in [1.82, 2.24) is 15.1 Å². The third kappa shape index (κ3) is 5.61. The van der Waals surface area contributed by atoms with Gasteiger partial charge < -0.3 is 11.1 Å². The molecule has 0 spiro atoms. The summed E-state index contributed by atoms with van der Waals surface area (Å²) >= 11 is 0. The van der Waals surface area contributed by atoms with Gasteiger partial charge in [-0.05, 0) is 44.0 Å². The minimum Gasteiger partial charge on any atom is -0.370 e. The second-order valence-electron chi connectivity index (χ2n) is 5.81. The molecule has 0 unspecified atom stereocenters. The molecule has 0 aliphatic rings. The van der Waals surface area contributed by atoms with Crippen molar-refractivity contribution in [3.63, 3.8) is 0 Å². The largest absolute Gasteiger partial charge is 0.416 e. The zero-order valence-electron chi connectivity index (χ0n) is 14.9. The van der Waals surface area contributed by atoms with Gasteiger partial charge in [0.25, 0.3) is 0 Å². The number of aryl methyl sites for hydroxylation is 2. The normalized spacial score (nSPS) is 12.0. The molecule has 3 N–H and O–H groups in total. The zero-order chi connectivity index (χ0) is 18.6. The molecule has 0 bridgehead atoms. The number of nitrogens with two attached hydrogens (primary N) is 1. The number of hydrogen-bond donors (Lipinski definition) is 2. The highest BCUT2D eigenvalue weighted by Crippen LogP contribution is 2.34. The molecule has 1 heterocycles. The number of alkyl halides is 3. The number of nitrogens with zero attached hydrogens (tertiary/aromatic N) is 3. The third-order valence-electron chi connectivity index (χ3n) is 3.63. The lowest BCUT2D eigenvalue weighted by Crippen LogP contribution is -2.32. The van der Waals surface area contributed by atoms with Gasteiger partial charge in [-0.15, -0.1) is 24.0 Å². The van der Waals surface area contributed by atoms with Gasteiger partial charge in [0.1, 0.15) is 0 Å². The van der Waals surface area contributed by atoms with Gasteiger partial charge in [-0.3, -0.25) is 0 Å². The van der Waals surface area contributed by atoms with Crippen LogP contribution in [-0.4, -0.2) is 22.3 Å². The van der Waals surface area contributed by atoms with Gasteiger partial charge in [-0.2, -0.15) is 18.3 Å². The van der Waals surface area contributed by atoms with Crippen molar-refractivity contribution in [2.75, 3.05) is 6.54 Å². The molecule has 0 aliphatic heterocycles. The molecule has 144 valence electrons. The fourth-order valence-electron chi connectivity index (χ4n) is 2.47. The standard InChI is InChI=1S/C17H22F3N5.HI/c1-4-7-22-16(21)23-10-13-5-6-14(9-15(13)17(18,19)20)25-12(3)8-11(2)24-25;/h5-6,8-9H,4,7,10H2,1-3H3,(H3,21,22,23);1H. The summed E-state index contributed by atoms with van der Waals surface area (Å²) in [5.74, 6) is 0.137. The highest BCUT2D eigenvalue weighted by Gasteiger charge is 2.33. The van der Waals surface area contributed by atoms with Crippen LogP contribution in [0.4, 0.5) is 13.2 Å². The van der Waals surface area contributed by atoms with Gasteiger partial charge in [-0.1, -0.05) is 13.0 Å². The summed E-state index contributed by atoms with van der Waals surface area (Å²) in [7, 11) is 0. The van der Waals surface area contributed by atoms with Crippen LogP contribution < -0.4 is 11.1 Å². The molecule has 0 radical (unpaired) electrons. The molecule has 2 aromatic rings. The Morgan fingerprint density at radius 3 is 2.50 bits per heavy atom. The minimum atomic E-state index is -4.48. The molecule has 1 aromatic carbocycles. The molecular weight excluding hydrogens is 458 g/mol. The Morgan fingerprint density at radius 1 is 1.27 bits per heavy atom. The third-order valence-corrected chi connectivity index (χ3v) is 3.63. The quantitative estimate of drug-likeness (QED) is 0.386. The first-order valence-electron chi connectivity index (χ1n) is 8.00. The van der Waals surface area contributed by atoms with Crippen LogP contribution in [0.25, 0.3) is 5.69 Å². The lowest BCUT2D eigenvalue weighted by atomic mass is 10.1. The van der Waals surface area contributed by atoms with Crippen molar-refractivity contribution in [2.45, 2.75) is 39.9 Å². The zero-order valence-corrected chi connectivity index (χ0v) is 17.2. The van der Waals surface area contributed by atoms with Crippen LogP contribution in [0.3, 0.4) is 0 Å². The van der Waals surface area contributed by atoms with Crippen LogP contribution >= 0.6 is 24.0 Å². The summed E-state index contributed by atoms with van der Waals surface area (Å²) < 4.78 is 41.9. The number of aliphatic imine (C=N–C) groups is 1. The average Bonchev–Trinajstić information content (AvgIpc) is 2.88. The molecule has 5 nitrogen and oxygen atoms in total. The summed E-state index contributed by atoms with van der Waals surface area (Å²) in [5, 5.41) is 7.07. The Kier molecular flexibility index (Phi) is 7.91. The van der Waals surface area contributed by atoms with Crippen LogP contribution in [0.5, 0.6) is 0 Å². The Labute approximate surface area is 167 Å². The second kappa shape index (κ2) is 9.24. The Balaban J connectivity index is 0.00000338. The van der Waals surface area contributed by atoms with E-state index in [1.807, 2.05) is 13.0 Å². The van der Waals surface area contributed by atoms with Crippen molar-refractivity contribution >= 4 is 29.9 Å². The lowest BCUT2D eigenvalue weighted by molar-refractivity contribution is -0.138. The topological polar surface area (TPSA) is 68.2 Å². The molecule has 0 aliphatic carbocycles. The molecule has 0 fully saturated rings. The fraction of sp³-hybridized carbons (Fsp3) is 0.412. The van der Waals surface area contributed by atoms with Crippen molar-refractivity contribution in [1.29, 1.82) is 0 Å². The Hall–Kier alpha value is -1.78. The maximum absolute atomic E-state index is 13.5. The lowest BCUT2D eigenvalue weighted by Gasteiger charge is -2.14. The smallest absolute Gasteiger partial charge is 0.370 e. The molecule has 0 atom stereocenters. The summed E-state index contributed by atoms with van der Waals surface area (Å²) in [6, 6.07) is 5.94. The number of rotatable bonds is 5. The highest BCUT2D eigenvalue weighted by molar-refractivity contribution is 14.0. The van der Waals surface area contributed by atoms with Crippen molar-refractivity contribution in [3.8, 4) is 5.69 Å². The van der Waals surface area contributed by atoms with E-state index in [4.69, 9.17) is 5.73 Å². The highest BCUT2D eigenvalue weighted by atomic mass is 127. The molecule has 26 heavy (non-hydrogen) atoms. The van der Waals surface area contributed by atoms with E-state index in [1.165, 1.54) is 10.7 Å². The van der Waals surface area contributed by atoms with Crippen LogP contribution in [0, 0.1) is 13.8 Å². The van der Waals surface area contributed by atoms with E-state index in [1.54, 1.807) is 19.9 Å². The summed E-state index contributed by atoms with van der Waals surface area (Å²) in [5.41, 5.74) is 6.87. The minimum absolute atomic E-state index is 0. The van der Waals surface area contributed by atoms with E-state index in [9.17, 15) is 13.2 Å². The van der Waals surface area contributed by atoms with Crippen molar-refractivity contribution < 1.29 is 13.2 Å². The fourth-order valence-corrected chi connectivity index (χ4v) is 2.47. The molecule has 1 aromatic heterocycles. The number of nitrogens with one attached hydrogen (secondary N) is 1. The Morgan fingerprint density at radius 2 is 1.96 bits per heavy atom. The number of halogens is 4. The van der Waals surface area contributed by atoms with Gasteiger partial charge in [0.15, 0.2) is 5.96 Å². The molecule has 0 saturated heterocycles. The molecule has 0 saturated carbocycles. The van der Waals surface area contributed by atoms with E-state index in [-0.39, 0.29) is 42.0 Å². The second-order valence-corrected chi connectivity index (χ2v) is 5.81. The number of hydrogen-bond acceptors (Lipinski definition) is 2. The molecule has 0 amide bonds. The maximum atomic E-state index is 13.5. The van der Waals surface area contributed by atoms with Gasteiger partial charge in [0, 0.05) is 12.2 Å². The van der Waals surface area contributed by atoms with Gasteiger partial charge >= 0.3 is 6.18 Å². The van der Waals surface area contributed by atoms with E-state index < -0.39 is 11.7 Å². The van der Waals surface area contributed by atoms with Gasteiger partial charge in [0.05, 0.1) is 23.5 Å². The maximum Gasteiger partial charge on any atom is 0.416 e. The Bertz CT molecular complexity index is 768. The first-order chi connectivity index (χ1) is 11.7. The van der Waals surface area contributed by atoms with Gasteiger partial charge in [-0.25, -0.2) is 9.67 Å². The number of aromatic nitrogens is 2. The van der Waals surface area contributed by atoms with Gasteiger partial charge in [0.2, 0.25) is 0 Å². The first-order valence-corrected chi connectivity index (χ1v) is 8.00. The van der Waals surface area contributed by atoms with Crippen LogP contribution in [0.2, 0.25) is 0 Å². The van der Waals surface area contributed by atoms with Crippen LogP contribution in [0.15, 0.2) is 29.3 Å². The molecule has 2 rings (SSSR count). The summed E-state index contributed by atoms with van der Waals surface area (Å²) in [4.78, 5) is 3.99. The van der Waals surface area contributed by atoms with E-state index in [0.717, 1.165) is 23.9 Å². The van der Waals surface area contributed by atoms with Crippen LogP contribution in [0.1, 0.15) is 35.9 Å². The predicted octanol–water partition coefficient (Wildman–Crippen LogP) is 3.94. The average molecular weight is 481 g/mol. The van der Waals surface area contributed by atoms with E-state index in [0.29, 0.717) is 12.2 Å². The van der Waals surface area contributed by atoms with E-state index in [2.05, 4.69) is 15.4 Å². The number of guanidine groups is 1. The van der Waals surface area contributed by atoms with E-state index >= 15 is 0 Å². The summed E-state index contributed by atoms with van der Waals surface area (Å²) in [6.45, 7) is 6.03. The number of benzene rings is 1. The SMILES string of the molecule is CCCNC(N)=NCc1ccc(-n2nc(C)cc2C)cc1C(F)(F)F.I. The monoisotopic (exact) mass is 481 g/mol. The predicted molar refractivity (Wildman–Crippen MR) is 107 cm³/mol. The van der Waals surface area contributed by atoms with Crippen molar-refractivity contribution in [3.05, 3.63) is 46.8 Å². The molecular formula is C17H23F3IN5. The molecule has 9 heteroatoms. The summed E-state index contributed by atoms with van der Waals surface area (Å²) in [6.07, 6.45) is -3.63. The first kappa shape index (κ1) is 22.3. The van der Waals surface area contributed by atoms with Crippen LogP contribution in [-0.2, 0) is 12.7 Å². The van der Waals surface area contributed by atoms with Crippen molar-refractivity contribution in [2.24, 2.45) is 10.7 Å².